The average Bonchev–Trinajstić information content (AvgIpc) is 3.07. The lowest BCUT2D eigenvalue weighted by Crippen LogP contribution is -2.17. The molecule has 29 heavy (non-hydrogen) atoms. The molecule has 0 radical (unpaired) electrons. The molecule has 1 N–H and O–H groups in total. The van der Waals surface area contributed by atoms with Crippen molar-refractivity contribution in [2.45, 2.75) is 19.3 Å². The third-order valence-electron chi connectivity index (χ3n) is 3.85. The first kappa shape index (κ1) is 20.9. The number of halogens is 4. The van der Waals surface area contributed by atoms with Crippen LogP contribution in [0.25, 0.3) is 0 Å². The zero-order valence-corrected chi connectivity index (χ0v) is 15.9. The summed E-state index contributed by atoms with van der Waals surface area (Å²) < 4.78 is 42.8. The lowest BCUT2D eigenvalue weighted by atomic mass is 10.1. The summed E-state index contributed by atoms with van der Waals surface area (Å²) in [6.45, 7) is -1.09. The van der Waals surface area contributed by atoms with E-state index in [4.69, 9.17) is 11.6 Å². The molecule has 0 saturated carbocycles. The van der Waals surface area contributed by atoms with Crippen LogP contribution in [0.5, 0.6) is 0 Å². The first-order valence-electron chi connectivity index (χ1n) is 8.60. The van der Waals surface area contributed by atoms with E-state index in [9.17, 15) is 18.0 Å². The molecule has 2 aromatic carbocycles. The Bertz CT molecular complexity index is 989. The lowest BCUT2D eigenvalue weighted by molar-refractivity contribution is -0.176. The summed E-state index contributed by atoms with van der Waals surface area (Å²) in [4.78, 5) is 12.4. The highest BCUT2D eigenvalue weighted by Crippen LogP contribution is 2.17. The topological polar surface area (TPSA) is 56.2 Å². The predicted molar refractivity (Wildman–Crippen MR) is 103 cm³/mol. The van der Waals surface area contributed by atoms with Crippen LogP contribution >= 0.6 is 11.6 Å². The van der Waals surface area contributed by atoms with Gasteiger partial charge in [-0.2, -0.15) is 18.3 Å². The quantitative estimate of drug-likeness (QED) is 0.587. The van der Waals surface area contributed by atoms with Gasteiger partial charge in [0.05, 0.1) is 25.0 Å². The van der Waals surface area contributed by atoms with E-state index in [1.54, 1.807) is 35.1 Å². The monoisotopic (exact) mass is 423 g/mol. The minimum absolute atomic E-state index is 0.238. The summed E-state index contributed by atoms with van der Waals surface area (Å²) in [5, 5.41) is 7.54. The van der Waals surface area contributed by atoms with Crippen LogP contribution in [-0.4, -0.2) is 28.5 Å². The molecular formula is C20H17ClF3N3O2. The molecule has 9 heteroatoms. The number of benzene rings is 2. The van der Waals surface area contributed by atoms with E-state index in [-0.39, 0.29) is 6.61 Å². The van der Waals surface area contributed by atoms with E-state index in [2.05, 4.69) is 15.2 Å². The number of hydrogen-bond acceptors (Lipinski definition) is 3. The van der Waals surface area contributed by atoms with Gasteiger partial charge in [-0.15, -0.1) is 0 Å². The van der Waals surface area contributed by atoms with Crippen LogP contribution in [0.4, 0.5) is 18.9 Å². The molecule has 1 amide bonds. The highest BCUT2D eigenvalue weighted by Gasteiger charge is 2.27. The smallest absolute Gasteiger partial charge is 0.367 e. The number of nitrogens with one attached hydrogen (secondary N) is 1. The summed E-state index contributed by atoms with van der Waals surface area (Å²) in [6.07, 6.45) is -1.20. The van der Waals surface area contributed by atoms with Gasteiger partial charge in [0.1, 0.15) is 6.61 Å². The standard InChI is InChI=1S/C20H17ClF3N3O2/c21-17-6-2-3-14(8-17)10-27-11-18(9-25-27)26-19(28)16-5-1-4-15(7-16)12-29-13-20(22,23)24/h1-9,11H,10,12-13H2,(H,26,28). The van der Waals surface area contributed by atoms with Crippen molar-refractivity contribution in [2.24, 2.45) is 0 Å². The van der Waals surface area contributed by atoms with Crippen LogP contribution in [0.2, 0.25) is 5.02 Å². The Labute approximate surface area is 170 Å². The zero-order chi connectivity index (χ0) is 20.9. The van der Waals surface area contributed by atoms with Crippen molar-refractivity contribution in [1.82, 2.24) is 9.78 Å². The van der Waals surface area contributed by atoms with E-state index in [1.807, 2.05) is 18.2 Å². The number of alkyl halides is 3. The lowest BCUT2D eigenvalue weighted by Gasteiger charge is -2.09. The molecule has 5 nitrogen and oxygen atoms in total. The molecule has 0 spiro atoms. The van der Waals surface area contributed by atoms with Gasteiger partial charge in [-0.3, -0.25) is 9.48 Å². The maximum Gasteiger partial charge on any atom is 0.411 e. The van der Waals surface area contributed by atoms with Crippen LogP contribution in [0, 0.1) is 0 Å². The average molecular weight is 424 g/mol. The van der Waals surface area contributed by atoms with Crippen molar-refractivity contribution in [3.8, 4) is 0 Å². The number of hydrogen-bond donors (Lipinski definition) is 1. The van der Waals surface area contributed by atoms with Crippen molar-refractivity contribution in [2.75, 3.05) is 11.9 Å². The molecule has 0 atom stereocenters. The van der Waals surface area contributed by atoms with E-state index in [0.29, 0.717) is 28.4 Å². The SMILES string of the molecule is O=C(Nc1cnn(Cc2cccc(Cl)c2)c1)c1cccc(COCC(F)(F)F)c1. The summed E-state index contributed by atoms with van der Waals surface area (Å²) in [5.41, 5.74) is 2.24. The van der Waals surface area contributed by atoms with Gasteiger partial charge < -0.3 is 10.1 Å². The van der Waals surface area contributed by atoms with Crippen molar-refractivity contribution in [1.29, 1.82) is 0 Å². The van der Waals surface area contributed by atoms with E-state index in [1.165, 1.54) is 12.3 Å². The van der Waals surface area contributed by atoms with Crippen LogP contribution in [-0.2, 0) is 17.9 Å². The number of rotatable bonds is 7. The van der Waals surface area contributed by atoms with Crippen molar-refractivity contribution in [3.63, 3.8) is 0 Å². The molecule has 3 aromatic rings. The Morgan fingerprint density at radius 3 is 2.66 bits per heavy atom. The molecule has 0 bridgehead atoms. The van der Waals surface area contributed by atoms with Gasteiger partial charge in [0.2, 0.25) is 0 Å². The number of nitrogens with zero attached hydrogens (tertiary/aromatic N) is 2. The van der Waals surface area contributed by atoms with Gasteiger partial charge in [-0.1, -0.05) is 35.9 Å². The predicted octanol–water partition coefficient (Wildman–Crippen LogP) is 4.92. The van der Waals surface area contributed by atoms with Crippen LogP contribution in [0.1, 0.15) is 21.5 Å². The van der Waals surface area contributed by atoms with Crippen LogP contribution in [0.15, 0.2) is 60.9 Å². The Hall–Kier alpha value is -2.84. The zero-order valence-electron chi connectivity index (χ0n) is 15.1. The Morgan fingerprint density at radius 1 is 1.14 bits per heavy atom. The van der Waals surface area contributed by atoms with E-state index < -0.39 is 18.7 Å². The minimum Gasteiger partial charge on any atom is -0.367 e. The summed E-state index contributed by atoms with van der Waals surface area (Å²) >= 11 is 5.97. The fourth-order valence-corrected chi connectivity index (χ4v) is 2.84. The van der Waals surface area contributed by atoms with E-state index in [0.717, 1.165) is 5.56 Å². The molecule has 0 unspecified atom stereocenters. The Morgan fingerprint density at radius 2 is 1.90 bits per heavy atom. The second-order valence-corrected chi connectivity index (χ2v) is 6.76. The first-order chi connectivity index (χ1) is 13.8. The number of carbonyl (C=O) groups excluding carboxylic acids is 1. The minimum atomic E-state index is -4.39. The second-order valence-electron chi connectivity index (χ2n) is 6.32. The number of anilines is 1. The number of aromatic nitrogens is 2. The number of carbonyl (C=O) groups is 1. The Balaban J connectivity index is 1.59. The molecule has 3 rings (SSSR count). The van der Waals surface area contributed by atoms with Gasteiger partial charge in [0.25, 0.3) is 5.91 Å². The van der Waals surface area contributed by atoms with Gasteiger partial charge in [0.15, 0.2) is 0 Å². The number of ether oxygens (including phenoxy) is 1. The molecule has 0 aliphatic carbocycles. The highest BCUT2D eigenvalue weighted by atomic mass is 35.5. The number of amides is 1. The molecule has 1 heterocycles. The van der Waals surface area contributed by atoms with Gasteiger partial charge in [-0.25, -0.2) is 0 Å². The molecule has 0 aliphatic rings. The summed E-state index contributed by atoms with van der Waals surface area (Å²) in [7, 11) is 0. The largest absolute Gasteiger partial charge is 0.411 e. The normalized spacial score (nSPS) is 11.4. The van der Waals surface area contributed by atoms with Gasteiger partial charge >= 0.3 is 6.18 Å². The third-order valence-corrected chi connectivity index (χ3v) is 4.08. The fraction of sp³-hybridized carbons (Fsp3) is 0.200. The van der Waals surface area contributed by atoms with Gasteiger partial charge in [-0.05, 0) is 35.4 Å². The van der Waals surface area contributed by atoms with Gasteiger partial charge in [0, 0.05) is 16.8 Å². The molecular weight excluding hydrogens is 407 g/mol. The van der Waals surface area contributed by atoms with E-state index >= 15 is 0 Å². The fourth-order valence-electron chi connectivity index (χ4n) is 2.63. The summed E-state index contributed by atoms with van der Waals surface area (Å²) in [6, 6.07) is 13.6. The first-order valence-corrected chi connectivity index (χ1v) is 8.98. The molecule has 0 saturated heterocycles. The van der Waals surface area contributed by atoms with Crippen LogP contribution in [0.3, 0.4) is 0 Å². The molecule has 1 aromatic heterocycles. The molecule has 0 aliphatic heterocycles. The highest BCUT2D eigenvalue weighted by molar-refractivity contribution is 6.30. The second kappa shape index (κ2) is 9.11. The van der Waals surface area contributed by atoms with Crippen molar-refractivity contribution >= 4 is 23.2 Å². The maximum absolute atomic E-state index is 12.4. The van der Waals surface area contributed by atoms with Crippen molar-refractivity contribution < 1.29 is 22.7 Å². The third kappa shape index (κ3) is 6.62. The Kier molecular flexibility index (Phi) is 6.56. The van der Waals surface area contributed by atoms with Crippen molar-refractivity contribution in [3.05, 3.63) is 82.6 Å². The maximum atomic E-state index is 12.4. The van der Waals surface area contributed by atoms with Crippen LogP contribution < -0.4 is 5.32 Å². The molecule has 152 valence electrons. The summed E-state index contributed by atoms with van der Waals surface area (Å²) in [5.74, 6) is -0.398. The molecule has 0 fully saturated rings.